The number of rotatable bonds is 3. The highest BCUT2D eigenvalue weighted by molar-refractivity contribution is 5.94. The number of hydrogen-bond donors (Lipinski definition) is 0. The topological polar surface area (TPSA) is 49.9 Å². The van der Waals surface area contributed by atoms with Crippen molar-refractivity contribution < 1.29 is 14.3 Å². The highest BCUT2D eigenvalue weighted by Gasteiger charge is 2.26. The molecule has 2 aromatic rings. The number of aryl methyl sites for hydroxylation is 1. The molecule has 0 aliphatic carbocycles. The van der Waals surface area contributed by atoms with Crippen LogP contribution in [0.5, 0.6) is 0 Å². The molecule has 3 rings (SSSR count). The van der Waals surface area contributed by atoms with Crippen LogP contribution in [0.3, 0.4) is 0 Å². The first-order valence-electron chi connectivity index (χ1n) is 7.83. The largest absolute Gasteiger partial charge is 0.465 e. The zero-order chi connectivity index (χ0) is 17.3. The number of amides is 2. The molecule has 0 bridgehead atoms. The van der Waals surface area contributed by atoms with Crippen LogP contribution in [0.25, 0.3) is 11.1 Å². The van der Waals surface area contributed by atoms with Crippen molar-refractivity contribution in [1.82, 2.24) is 4.90 Å². The van der Waals surface area contributed by atoms with Crippen molar-refractivity contribution in [2.45, 2.75) is 6.92 Å². The first kappa shape index (κ1) is 16.1. The average molecular weight is 324 g/mol. The van der Waals surface area contributed by atoms with Crippen LogP contribution < -0.4 is 4.90 Å². The Kier molecular flexibility index (Phi) is 4.25. The number of benzene rings is 2. The van der Waals surface area contributed by atoms with Gasteiger partial charge in [-0.05, 0) is 47.9 Å². The Morgan fingerprint density at radius 2 is 1.79 bits per heavy atom. The van der Waals surface area contributed by atoms with E-state index in [-0.39, 0.29) is 12.0 Å². The number of hydrogen-bond acceptors (Lipinski definition) is 3. The summed E-state index contributed by atoms with van der Waals surface area (Å²) >= 11 is 0. The number of esters is 1. The fourth-order valence-electron chi connectivity index (χ4n) is 2.94. The molecule has 0 N–H and O–H groups in total. The number of carbonyl (C=O) groups excluding carboxylic acids is 2. The molecule has 0 atom stereocenters. The van der Waals surface area contributed by atoms with E-state index in [9.17, 15) is 9.59 Å². The van der Waals surface area contributed by atoms with Gasteiger partial charge in [0, 0.05) is 25.8 Å². The Balaban J connectivity index is 1.86. The van der Waals surface area contributed by atoms with E-state index in [0.29, 0.717) is 12.1 Å². The summed E-state index contributed by atoms with van der Waals surface area (Å²) in [5.74, 6) is -0.336. The van der Waals surface area contributed by atoms with Gasteiger partial charge in [0.1, 0.15) is 0 Å². The first-order chi connectivity index (χ1) is 11.5. The Bertz CT molecular complexity index is 784. The van der Waals surface area contributed by atoms with Gasteiger partial charge in [0.15, 0.2) is 0 Å². The zero-order valence-corrected chi connectivity index (χ0v) is 14.1. The fraction of sp³-hybridized carbons (Fsp3) is 0.263. The molecular weight excluding hydrogens is 304 g/mol. The Morgan fingerprint density at radius 3 is 2.33 bits per heavy atom. The SMILES string of the molecule is COC(=O)c1ccc(-c2ccc(N3CCN(C)C3=O)cc2)c(C)c1. The van der Waals surface area contributed by atoms with Crippen molar-refractivity contribution in [3.8, 4) is 11.1 Å². The van der Waals surface area contributed by atoms with Crippen molar-refractivity contribution in [2.24, 2.45) is 0 Å². The number of carbonyl (C=O) groups is 2. The molecule has 2 amide bonds. The zero-order valence-electron chi connectivity index (χ0n) is 14.1. The lowest BCUT2D eigenvalue weighted by Gasteiger charge is -2.16. The minimum absolute atomic E-state index is 0.0290. The van der Waals surface area contributed by atoms with Crippen LogP contribution in [-0.2, 0) is 4.74 Å². The van der Waals surface area contributed by atoms with Crippen LogP contribution in [-0.4, -0.2) is 44.1 Å². The predicted molar refractivity (Wildman–Crippen MR) is 93.3 cm³/mol. The molecule has 5 heteroatoms. The van der Waals surface area contributed by atoms with Crippen LogP contribution in [0.4, 0.5) is 10.5 Å². The summed E-state index contributed by atoms with van der Waals surface area (Å²) in [6.45, 7) is 3.42. The monoisotopic (exact) mass is 324 g/mol. The molecule has 24 heavy (non-hydrogen) atoms. The second-order valence-electron chi connectivity index (χ2n) is 5.92. The van der Waals surface area contributed by atoms with E-state index in [4.69, 9.17) is 4.74 Å². The van der Waals surface area contributed by atoms with Gasteiger partial charge >= 0.3 is 12.0 Å². The molecule has 5 nitrogen and oxygen atoms in total. The maximum atomic E-state index is 12.1. The van der Waals surface area contributed by atoms with Gasteiger partial charge in [0.2, 0.25) is 0 Å². The van der Waals surface area contributed by atoms with Crippen LogP contribution in [0.1, 0.15) is 15.9 Å². The molecule has 1 heterocycles. The molecule has 0 unspecified atom stereocenters. The standard InChI is InChI=1S/C19H20N2O3/c1-13-12-15(18(22)24-3)6-9-17(13)14-4-7-16(8-5-14)21-11-10-20(2)19(21)23/h4-9,12H,10-11H2,1-3H3. The van der Waals surface area contributed by atoms with Gasteiger partial charge in [-0.25, -0.2) is 9.59 Å². The number of methoxy groups -OCH3 is 1. The summed E-state index contributed by atoms with van der Waals surface area (Å²) in [7, 11) is 3.18. The Hall–Kier alpha value is -2.82. The highest BCUT2D eigenvalue weighted by atomic mass is 16.5. The van der Waals surface area contributed by atoms with Crippen molar-refractivity contribution in [3.63, 3.8) is 0 Å². The summed E-state index contributed by atoms with van der Waals surface area (Å²) in [6, 6.07) is 13.5. The van der Waals surface area contributed by atoms with Crippen LogP contribution in [0.15, 0.2) is 42.5 Å². The predicted octanol–water partition coefficient (Wildman–Crippen LogP) is 3.32. The van der Waals surface area contributed by atoms with E-state index in [0.717, 1.165) is 28.9 Å². The summed E-state index contributed by atoms with van der Waals surface area (Å²) in [6.07, 6.45) is 0. The van der Waals surface area contributed by atoms with Crippen molar-refractivity contribution in [2.75, 3.05) is 32.1 Å². The molecule has 124 valence electrons. The lowest BCUT2D eigenvalue weighted by atomic mass is 9.98. The summed E-state index contributed by atoms with van der Waals surface area (Å²) in [5, 5.41) is 0. The average Bonchev–Trinajstić information content (AvgIpc) is 2.93. The maximum absolute atomic E-state index is 12.1. The molecule has 0 aromatic heterocycles. The second-order valence-corrected chi connectivity index (χ2v) is 5.92. The van der Waals surface area contributed by atoms with Crippen molar-refractivity contribution >= 4 is 17.7 Å². The number of anilines is 1. The Labute approximate surface area is 141 Å². The number of ether oxygens (including phenoxy) is 1. The van der Waals surface area contributed by atoms with E-state index in [2.05, 4.69) is 0 Å². The van der Waals surface area contributed by atoms with E-state index in [1.807, 2.05) is 50.4 Å². The van der Waals surface area contributed by atoms with E-state index < -0.39 is 0 Å². The molecule has 0 saturated carbocycles. The van der Waals surface area contributed by atoms with Gasteiger partial charge in [0.05, 0.1) is 12.7 Å². The minimum Gasteiger partial charge on any atom is -0.465 e. The van der Waals surface area contributed by atoms with Gasteiger partial charge in [-0.1, -0.05) is 18.2 Å². The maximum Gasteiger partial charge on any atom is 0.337 e. The second kappa shape index (κ2) is 6.35. The summed E-state index contributed by atoms with van der Waals surface area (Å²) < 4.78 is 4.75. The molecule has 2 aromatic carbocycles. The van der Waals surface area contributed by atoms with Gasteiger partial charge in [0.25, 0.3) is 0 Å². The van der Waals surface area contributed by atoms with Gasteiger partial charge < -0.3 is 9.64 Å². The van der Waals surface area contributed by atoms with E-state index in [1.54, 1.807) is 15.9 Å². The highest BCUT2D eigenvalue weighted by Crippen LogP contribution is 2.28. The minimum atomic E-state index is -0.336. The number of nitrogens with zero attached hydrogens (tertiary/aromatic N) is 2. The smallest absolute Gasteiger partial charge is 0.337 e. The lowest BCUT2D eigenvalue weighted by molar-refractivity contribution is 0.0600. The molecular formula is C19H20N2O3. The third-order valence-corrected chi connectivity index (χ3v) is 4.35. The quantitative estimate of drug-likeness (QED) is 0.814. The van der Waals surface area contributed by atoms with Crippen LogP contribution in [0.2, 0.25) is 0 Å². The van der Waals surface area contributed by atoms with Crippen molar-refractivity contribution in [3.05, 3.63) is 53.6 Å². The lowest BCUT2D eigenvalue weighted by Crippen LogP contribution is -2.29. The first-order valence-corrected chi connectivity index (χ1v) is 7.83. The molecule has 1 aliphatic rings. The summed E-state index contributed by atoms with van der Waals surface area (Å²) in [4.78, 5) is 27.1. The molecule has 1 fully saturated rings. The van der Waals surface area contributed by atoms with Crippen molar-refractivity contribution in [1.29, 1.82) is 0 Å². The van der Waals surface area contributed by atoms with Crippen LogP contribution in [0, 0.1) is 6.92 Å². The van der Waals surface area contributed by atoms with E-state index in [1.165, 1.54) is 7.11 Å². The Morgan fingerprint density at radius 1 is 1.08 bits per heavy atom. The molecule has 1 saturated heterocycles. The number of likely N-dealkylation sites (N-methyl/N-ethyl adjacent to an activating group) is 1. The van der Waals surface area contributed by atoms with Gasteiger partial charge in [-0.15, -0.1) is 0 Å². The molecule has 0 spiro atoms. The molecule has 0 radical (unpaired) electrons. The number of urea groups is 1. The third-order valence-electron chi connectivity index (χ3n) is 4.35. The third kappa shape index (κ3) is 2.85. The fourth-order valence-corrected chi connectivity index (χ4v) is 2.94. The summed E-state index contributed by atoms with van der Waals surface area (Å²) in [5.41, 5.74) is 4.55. The van der Waals surface area contributed by atoms with Gasteiger partial charge in [-0.2, -0.15) is 0 Å². The normalized spacial score (nSPS) is 14.2. The van der Waals surface area contributed by atoms with E-state index >= 15 is 0 Å². The van der Waals surface area contributed by atoms with Gasteiger partial charge in [-0.3, -0.25) is 4.90 Å². The van der Waals surface area contributed by atoms with Crippen LogP contribution >= 0.6 is 0 Å². The molecule has 1 aliphatic heterocycles.